The molecule has 3 nitrogen and oxygen atoms in total. The van der Waals surface area contributed by atoms with Gasteiger partial charge in [0.25, 0.3) is 0 Å². The van der Waals surface area contributed by atoms with Gasteiger partial charge in [0.1, 0.15) is 5.84 Å². The molecule has 0 fully saturated rings. The minimum absolute atomic E-state index is 0.132. The van der Waals surface area contributed by atoms with E-state index in [1.54, 1.807) is 0 Å². The van der Waals surface area contributed by atoms with Crippen molar-refractivity contribution in [3.8, 4) is 6.19 Å². The average Bonchev–Trinajstić information content (AvgIpc) is 2.31. The quantitative estimate of drug-likeness (QED) is 0.554. The van der Waals surface area contributed by atoms with Gasteiger partial charge in [-0.25, -0.2) is 0 Å². The number of rotatable bonds is 1. The van der Waals surface area contributed by atoms with Crippen LogP contribution in [0, 0.1) is 11.5 Å². The predicted molar refractivity (Wildman–Crippen MR) is 59.1 cm³/mol. The normalized spacial score (nSPS) is 19.1. The van der Waals surface area contributed by atoms with Crippen molar-refractivity contribution in [2.75, 3.05) is 0 Å². The minimum Gasteiger partial charge on any atom is -0.277 e. The summed E-state index contributed by atoms with van der Waals surface area (Å²) in [7, 11) is 0. The van der Waals surface area contributed by atoms with Crippen molar-refractivity contribution in [3.05, 3.63) is 48.0 Å². The van der Waals surface area contributed by atoms with E-state index in [1.165, 1.54) is 5.56 Å². The van der Waals surface area contributed by atoms with Crippen molar-refractivity contribution in [2.24, 2.45) is 4.99 Å². The summed E-state index contributed by atoms with van der Waals surface area (Å²) in [6.07, 6.45) is 6.63. The van der Waals surface area contributed by atoms with Gasteiger partial charge >= 0.3 is 0 Å². The van der Waals surface area contributed by atoms with E-state index in [2.05, 4.69) is 22.4 Å². The number of benzene rings is 1. The Balaban J connectivity index is 2.20. The zero-order chi connectivity index (χ0) is 10.5. The molecule has 0 aliphatic carbocycles. The van der Waals surface area contributed by atoms with Gasteiger partial charge in [-0.3, -0.25) is 10.3 Å². The highest BCUT2D eigenvalue weighted by Crippen LogP contribution is 2.23. The SMILES string of the molecule is N#CNC1=NC(c2ccccc2)CC=C1. The van der Waals surface area contributed by atoms with Gasteiger partial charge in [-0.2, -0.15) is 5.26 Å². The van der Waals surface area contributed by atoms with Gasteiger partial charge in [-0.05, 0) is 18.1 Å². The lowest BCUT2D eigenvalue weighted by Crippen LogP contribution is -2.18. The molecule has 0 amide bonds. The molecule has 1 unspecified atom stereocenters. The summed E-state index contributed by atoms with van der Waals surface area (Å²) in [5.74, 6) is 0.637. The molecule has 0 aromatic heterocycles. The molecule has 1 aliphatic heterocycles. The number of nitriles is 1. The van der Waals surface area contributed by atoms with E-state index in [0.717, 1.165) is 6.42 Å². The van der Waals surface area contributed by atoms with Gasteiger partial charge in [0.2, 0.25) is 0 Å². The molecule has 0 bridgehead atoms. The maximum Gasteiger partial charge on any atom is 0.182 e. The zero-order valence-electron chi connectivity index (χ0n) is 8.22. The smallest absolute Gasteiger partial charge is 0.182 e. The second-order valence-electron chi connectivity index (χ2n) is 3.32. The van der Waals surface area contributed by atoms with E-state index >= 15 is 0 Å². The van der Waals surface area contributed by atoms with E-state index in [1.807, 2.05) is 36.5 Å². The number of dihydropyridines is 1. The lowest BCUT2D eigenvalue weighted by atomic mass is 10.0. The Morgan fingerprint density at radius 1 is 1.33 bits per heavy atom. The first-order valence-corrected chi connectivity index (χ1v) is 4.84. The summed E-state index contributed by atoms with van der Waals surface area (Å²) in [5, 5.41) is 11.1. The van der Waals surface area contributed by atoms with Gasteiger partial charge in [-0.1, -0.05) is 36.4 Å². The summed E-state index contributed by atoms with van der Waals surface area (Å²) >= 11 is 0. The van der Waals surface area contributed by atoms with Crippen LogP contribution in [0.15, 0.2) is 47.5 Å². The van der Waals surface area contributed by atoms with Crippen molar-refractivity contribution in [3.63, 3.8) is 0 Å². The molecular weight excluding hydrogens is 186 g/mol. The van der Waals surface area contributed by atoms with Crippen LogP contribution in [0.3, 0.4) is 0 Å². The maximum atomic E-state index is 8.50. The second-order valence-corrected chi connectivity index (χ2v) is 3.32. The Labute approximate surface area is 88.8 Å². The van der Waals surface area contributed by atoms with Crippen molar-refractivity contribution in [1.29, 1.82) is 5.26 Å². The fourth-order valence-corrected chi connectivity index (χ4v) is 1.59. The van der Waals surface area contributed by atoms with Crippen LogP contribution in [0.25, 0.3) is 0 Å². The standard InChI is InChI=1S/C12H11N3/c13-9-14-12-8-4-7-11(15-12)10-5-2-1-3-6-10/h1-6,8,11H,7H2,(H,14,15). The highest BCUT2D eigenvalue weighted by atomic mass is 15.0. The van der Waals surface area contributed by atoms with E-state index in [9.17, 15) is 0 Å². The Kier molecular flexibility index (Phi) is 2.80. The summed E-state index contributed by atoms with van der Waals surface area (Å²) in [6, 6.07) is 10.2. The maximum absolute atomic E-state index is 8.50. The number of nitrogens with one attached hydrogen (secondary N) is 1. The highest BCUT2D eigenvalue weighted by Gasteiger charge is 2.11. The number of nitrogens with zero attached hydrogens (tertiary/aromatic N) is 2. The molecule has 1 atom stereocenters. The third-order valence-corrected chi connectivity index (χ3v) is 2.30. The summed E-state index contributed by atoms with van der Waals surface area (Å²) < 4.78 is 0. The van der Waals surface area contributed by atoms with Crippen LogP contribution in [0.5, 0.6) is 0 Å². The molecule has 1 aromatic rings. The molecule has 1 heterocycles. The molecule has 1 aliphatic rings. The van der Waals surface area contributed by atoms with Gasteiger partial charge in [0.15, 0.2) is 6.19 Å². The van der Waals surface area contributed by atoms with E-state index in [0.29, 0.717) is 5.84 Å². The van der Waals surface area contributed by atoms with Crippen molar-refractivity contribution in [1.82, 2.24) is 5.32 Å². The monoisotopic (exact) mass is 197 g/mol. The molecule has 0 saturated heterocycles. The molecule has 3 heteroatoms. The first kappa shape index (κ1) is 9.47. The molecule has 74 valence electrons. The molecule has 1 N–H and O–H groups in total. The zero-order valence-corrected chi connectivity index (χ0v) is 8.22. The van der Waals surface area contributed by atoms with Crippen LogP contribution in [0.2, 0.25) is 0 Å². The summed E-state index contributed by atoms with van der Waals surface area (Å²) in [5.41, 5.74) is 1.18. The number of aliphatic imine (C=N–C) groups is 1. The highest BCUT2D eigenvalue weighted by molar-refractivity contribution is 5.94. The fraction of sp³-hybridized carbons (Fsp3) is 0.167. The van der Waals surface area contributed by atoms with Crippen molar-refractivity contribution < 1.29 is 0 Å². The van der Waals surface area contributed by atoms with Gasteiger partial charge in [0.05, 0.1) is 6.04 Å². The third kappa shape index (κ3) is 2.23. The molecule has 1 aromatic carbocycles. The van der Waals surface area contributed by atoms with Crippen LogP contribution in [-0.2, 0) is 0 Å². The largest absolute Gasteiger partial charge is 0.277 e. The fourth-order valence-electron chi connectivity index (χ4n) is 1.59. The lowest BCUT2D eigenvalue weighted by Gasteiger charge is -2.15. The first-order chi connectivity index (χ1) is 7.40. The average molecular weight is 197 g/mol. The van der Waals surface area contributed by atoms with E-state index in [-0.39, 0.29) is 6.04 Å². The van der Waals surface area contributed by atoms with Crippen LogP contribution in [0.1, 0.15) is 18.0 Å². The lowest BCUT2D eigenvalue weighted by molar-refractivity contribution is 0.731. The van der Waals surface area contributed by atoms with Crippen LogP contribution in [0.4, 0.5) is 0 Å². The van der Waals surface area contributed by atoms with E-state index < -0.39 is 0 Å². The van der Waals surface area contributed by atoms with Crippen molar-refractivity contribution >= 4 is 5.84 Å². The topological polar surface area (TPSA) is 48.2 Å². The molecule has 2 rings (SSSR count). The number of hydrogen-bond acceptors (Lipinski definition) is 3. The van der Waals surface area contributed by atoms with Crippen LogP contribution in [-0.4, -0.2) is 5.84 Å². The van der Waals surface area contributed by atoms with Crippen molar-refractivity contribution in [2.45, 2.75) is 12.5 Å². The molecular formula is C12H11N3. The molecule has 0 radical (unpaired) electrons. The summed E-state index contributed by atoms with van der Waals surface area (Å²) in [6.45, 7) is 0. The Morgan fingerprint density at radius 2 is 2.13 bits per heavy atom. The van der Waals surface area contributed by atoms with Crippen LogP contribution >= 0.6 is 0 Å². The Morgan fingerprint density at radius 3 is 2.87 bits per heavy atom. The number of amidine groups is 1. The van der Waals surface area contributed by atoms with E-state index in [4.69, 9.17) is 5.26 Å². The Bertz CT molecular complexity index is 426. The second kappa shape index (κ2) is 4.43. The molecule has 15 heavy (non-hydrogen) atoms. The molecule has 0 saturated carbocycles. The first-order valence-electron chi connectivity index (χ1n) is 4.84. The summed E-state index contributed by atoms with van der Waals surface area (Å²) in [4.78, 5) is 4.44. The predicted octanol–water partition coefficient (Wildman–Crippen LogP) is 2.16. The molecule has 0 spiro atoms. The third-order valence-electron chi connectivity index (χ3n) is 2.30. The minimum atomic E-state index is 0.132. The van der Waals surface area contributed by atoms with Gasteiger partial charge < -0.3 is 0 Å². The van der Waals surface area contributed by atoms with Gasteiger partial charge in [-0.15, -0.1) is 0 Å². The van der Waals surface area contributed by atoms with Gasteiger partial charge in [0, 0.05) is 0 Å². The van der Waals surface area contributed by atoms with Crippen LogP contribution < -0.4 is 5.32 Å². The number of hydrogen-bond donors (Lipinski definition) is 1. The Hall–Kier alpha value is -2.08.